The molecule has 0 aliphatic heterocycles. The lowest BCUT2D eigenvalue weighted by Gasteiger charge is -2.27. The van der Waals surface area contributed by atoms with Gasteiger partial charge >= 0.3 is 5.97 Å². The summed E-state index contributed by atoms with van der Waals surface area (Å²) in [4.78, 5) is 59.8. The van der Waals surface area contributed by atoms with Gasteiger partial charge in [0.05, 0.1) is 6.04 Å². The third kappa shape index (κ3) is 9.44. The molecule has 8 N–H and O–H groups in total. The fourth-order valence-corrected chi connectivity index (χ4v) is 2.61. The van der Waals surface area contributed by atoms with Crippen LogP contribution in [-0.2, 0) is 24.0 Å². The van der Waals surface area contributed by atoms with Crippen molar-refractivity contribution in [2.75, 3.05) is 5.75 Å². The Hall–Kier alpha value is -2.34. The minimum absolute atomic E-state index is 0.0848. The molecular formula is C18H33N5O6S. The van der Waals surface area contributed by atoms with Gasteiger partial charge in [-0.3, -0.25) is 19.2 Å². The molecule has 4 unspecified atom stereocenters. The summed E-state index contributed by atoms with van der Waals surface area (Å²) in [7, 11) is 0. The van der Waals surface area contributed by atoms with Gasteiger partial charge in [-0.15, -0.1) is 0 Å². The second-order valence-electron chi connectivity index (χ2n) is 7.65. The summed E-state index contributed by atoms with van der Waals surface area (Å²) in [6.07, 6.45) is -0.257. The Bertz CT molecular complexity index is 643. The third-order valence-corrected chi connectivity index (χ3v) is 4.74. The molecule has 11 nitrogen and oxygen atoms in total. The maximum Gasteiger partial charge on any atom is 0.327 e. The highest BCUT2D eigenvalue weighted by atomic mass is 32.1. The molecule has 4 amide bonds. The van der Waals surface area contributed by atoms with Gasteiger partial charge in [0.1, 0.15) is 18.1 Å². The molecule has 0 rings (SSSR count). The van der Waals surface area contributed by atoms with E-state index in [0.29, 0.717) is 0 Å². The highest BCUT2D eigenvalue weighted by Crippen LogP contribution is 2.07. The van der Waals surface area contributed by atoms with Crippen molar-refractivity contribution < 1.29 is 29.1 Å². The molecule has 0 aliphatic rings. The van der Waals surface area contributed by atoms with Crippen LogP contribution in [0.1, 0.15) is 40.5 Å². The summed E-state index contributed by atoms with van der Waals surface area (Å²) in [6, 6.07) is -4.33. The highest BCUT2D eigenvalue weighted by Gasteiger charge is 2.32. The van der Waals surface area contributed by atoms with E-state index < -0.39 is 59.7 Å². The first kappa shape index (κ1) is 27.7. The van der Waals surface area contributed by atoms with Crippen molar-refractivity contribution in [1.82, 2.24) is 16.0 Å². The molecule has 0 aromatic rings. The molecule has 0 fully saturated rings. The number of carboxylic acid groups (broad SMARTS) is 1. The van der Waals surface area contributed by atoms with Gasteiger partial charge in [0.15, 0.2) is 0 Å². The van der Waals surface area contributed by atoms with Crippen LogP contribution in [0.4, 0.5) is 0 Å². The number of aliphatic carboxylic acids is 1. The lowest BCUT2D eigenvalue weighted by Crippen LogP contribution is -2.59. The van der Waals surface area contributed by atoms with Gasteiger partial charge in [-0.05, 0) is 18.3 Å². The number of thiol groups is 1. The lowest BCUT2D eigenvalue weighted by molar-refractivity contribution is -0.142. The van der Waals surface area contributed by atoms with Crippen molar-refractivity contribution >= 4 is 42.2 Å². The van der Waals surface area contributed by atoms with Crippen LogP contribution in [0.3, 0.4) is 0 Å². The van der Waals surface area contributed by atoms with E-state index in [-0.39, 0.29) is 24.5 Å². The van der Waals surface area contributed by atoms with Gasteiger partial charge in [0.2, 0.25) is 23.6 Å². The molecule has 30 heavy (non-hydrogen) atoms. The average Bonchev–Trinajstić information content (AvgIpc) is 2.65. The number of primary amides is 1. The third-order valence-electron chi connectivity index (χ3n) is 4.38. The average molecular weight is 448 g/mol. The molecule has 0 aromatic carbocycles. The van der Waals surface area contributed by atoms with Crippen LogP contribution in [0, 0.1) is 11.8 Å². The van der Waals surface area contributed by atoms with Crippen molar-refractivity contribution in [3.05, 3.63) is 0 Å². The molecular weight excluding hydrogens is 414 g/mol. The Labute approximate surface area is 181 Å². The van der Waals surface area contributed by atoms with Crippen molar-refractivity contribution in [1.29, 1.82) is 0 Å². The molecule has 0 radical (unpaired) electrons. The first-order valence-electron chi connectivity index (χ1n) is 9.60. The number of hydrogen-bond donors (Lipinski definition) is 7. The predicted molar refractivity (Wildman–Crippen MR) is 113 cm³/mol. The maximum absolute atomic E-state index is 12.8. The minimum atomic E-state index is -1.26. The van der Waals surface area contributed by atoms with E-state index in [1.165, 1.54) is 0 Å². The van der Waals surface area contributed by atoms with Gasteiger partial charge in [-0.2, -0.15) is 12.6 Å². The molecule has 12 heteroatoms. The Morgan fingerprint density at radius 2 is 1.40 bits per heavy atom. The van der Waals surface area contributed by atoms with E-state index in [9.17, 15) is 24.0 Å². The van der Waals surface area contributed by atoms with Gasteiger partial charge in [-0.25, -0.2) is 4.79 Å². The van der Waals surface area contributed by atoms with Crippen molar-refractivity contribution in [2.45, 2.75) is 64.7 Å². The predicted octanol–water partition coefficient (Wildman–Crippen LogP) is -1.64. The molecule has 0 heterocycles. The summed E-state index contributed by atoms with van der Waals surface area (Å²) in [6.45, 7) is 6.80. The Balaban J connectivity index is 5.41. The van der Waals surface area contributed by atoms with E-state index in [1.54, 1.807) is 27.7 Å². The number of nitrogens with one attached hydrogen (secondary N) is 3. The molecule has 0 aromatic heterocycles. The first-order valence-corrected chi connectivity index (χ1v) is 10.2. The van der Waals surface area contributed by atoms with Crippen LogP contribution < -0.4 is 27.4 Å². The van der Waals surface area contributed by atoms with Crippen LogP contribution in [0.25, 0.3) is 0 Å². The fraction of sp³-hybridized carbons (Fsp3) is 0.722. The smallest absolute Gasteiger partial charge is 0.327 e. The number of carbonyl (C=O) groups excluding carboxylic acids is 4. The van der Waals surface area contributed by atoms with E-state index >= 15 is 0 Å². The summed E-state index contributed by atoms with van der Waals surface area (Å²) in [5.74, 6) is -4.65. The van der Waals surface area contributed by atoms with Crippen molar-refractivity contribution in [2.24, 2.45) is 23.3 Å². The zero-order valence-electron chi connectivity index (χ0n) is 17.7. The maximum atomic E-state index is 12.8. The highest BCUT2D eigenvalue weighted by molar-refractivity contribution is 7.80. The zero-order chi connectivity index (χ0) is 23.6. The van der Waals surface area contributed by atoms with E-state index in [4.69, 9.17) is 16.6 Å². The van der Waals surface area contributed by atoms with E-state index in [0.717, 1.165) is 0 Å². The lowest BCUT2D eigenvalue weighted by atomic mass is 10.0. The van der Waals surface area contributed by atoms with Crippen LogP contribution in [0.2, 0.25) is 0 Å². The fourth-order valence-electron chi connectivity index (χ4n) is 2.36. The van der Waals surface area contributed by atoms with E-state index in [1.807, 2.05) is 0 Å². The van der Waals surface area contributed by atoms with Crippen LogP contribution in [-0.4, -0.2) is 64.6 Å². The number of carbonyl (C=O) groups is 5. The van der Waals surface area contributed by atoms with Crippen molar-refractivity contribution in [3.63, 3.8) is 0 Å². The number of nitrogens with two attached hydrogens (primary N) is 2. The zero-order valence-corrected chi connectivity index (χ0v) is 18.6. The largest absolute Gasteiger partial charge is 0.480 e. The molecule has 0 aliphatic carbocycles. The van der Waals surface area contributed by atoms with E-state index in [2.05, 4.69) is 28.6 Å². The van der Waals surface area contributed by atoms with Crippen LogP contribution in [0.15, 0.2) is 0 Å². The molecule has 0 spiro atoms. The monoisotopic (exact) mass is 447 g/mol. The Morgan fingerprint density at radius 3 is 1.80 bits per heavy atom. The van der Waals surface area contributed by atoms with Gasteiger partial charge in [0.25, 0.3) is 0 Å². The Kier molecular flexibility index (Phi) is 12.0. The molecule has 4 atom stereocenters. The Morgan fingerprint density at radius 1 is 0.867 bits per heavy atom. The second kappa shape index (κ2) is 13.1. The summed E-state index contributed by atoms with van der Waals surface area (Å²) >= 11 is 3.89. The van der Waals surface area contributed by atoms with Gasteiger partial charge in [-0.1, -0.05) is 27.7 Å². The summed E-state index contributed by atoms with van der Waals surface area (Å²) < 4.78 is 0. The molecule has 172 valence electrons. The standard InChI is InChI=1S/C18H33N5O6S/c1-8(2)13(20)16(26)21-10(5-6-12(19)24)15(25)23-14(9(3)4)17(27)22-11(7-30)18(28)29/h8-11,13-14,30H,5-7,20H2,1-4H3,(H2,19,24)(H,21,26)(H,22,27)(H,23,25)(H,28,29). The number of amides is 4. The molecule has 0 saturated heterocycles. The number of carboxylic acids is 1. The first-order chi connectivity index (χ1) is 13.8. The minimum Gasteiger partial charge on any atom is -0.480 e. The molecule has 0 saturated carbocycles. The summed E-state index contributed by atoms with van der Waals surface area (Å²) in [5.41, 5.74) is 10.9. The number of rotatable bonds is 13. The van der Waals surface area contributed by atoms with Gasteiger partial charge < -0.3 is 32.5 Å². The van der Waals surface area contributed by atoms with Crippen LogP contribution in [0.5, 0.6) is 0 Å². The number of hydrogen-bond acceptors (Lipinski definition) is 7. The topological polar surface area (TPSA) is 194 Å². The summed E-state index contributed by atoms with van der Waals surface area (Å²) in [5, 5.41) is 16.4. The second-order valence-corrected chi connectivity index (χ2v) is 8.01. The normalized spacial score (nSPS) is 15.1. The van der Waals surface area contributed by atoms with Crippen LogP contribution >= 0.6 is 12.6 Å². The van der Waals surface area contributed by atoms with Crippen molar-refractivity contribution in [3.8, 4) is 0 Å². The quantitative estimate of drug-likeness (QED) is 0.164. The van der Waals surface area contributed by atoms with Gasteiger partial charge in [0, 0.05) is 12.2 Å². The molecule has 0 bridgehead atoms. The SMILES string of the molecule is CC(C)C(N)C(=O)NC(CCC(N)=O)C(=O)NC(C(=O)NC(CS)C(=O)O)C(C)C.